The highest BCUT2D eigenvalue weighted by Gasteiger charge is 2.39. The van der Waals surface area contributed by atoms with Crippen LogP contribution in [0.3, 0.4) is 0 Å². The Hall–Kier alpha value is -0.890. The van der Waals surface area contributed by atoms with Gasteiger partial charge in [0.1, 0.15) is 11.5 Å². The molecule has 0 radical (unpaired) electrons. The second-order valence-electron chi connectivity index (χ2n) is 11.9. The topological polar surface area (TPSA) is 55.8 Å². The molecule has 0 aliphatic carbocycles. The van der Waals surface area contributed by atoms with Gasteiger partial charge in [-0.25, -0.2) is 4.57 Å². The van der Waals surface area contributed by atoms with Crippen LogP contribution >= 0.6 is 147 Å². The van der Waals surface area contributed by atoms with Gasteiger partial charge in [-0.1, -0.05) is 188 Å². The first-order valence-corrected chi connectivity index (χ1v) is 21.0. The first-order valence-electron chi connectivity index (χ1n) is 14.9. The van der Waals surface area contributed by atoms with Crippen LogP contribution in [0, 0.1) is 0 Å². The van der Waals surface area contributed by atoms with Crippen molar-refractivity contribution in [3.8, 4) is 44.9 Å². The quantitative estimate of drug-likeness (QED) is 0.139. The van der Waals surface area contributed by atoms with Gasteiger partial charge in [0.15, 0.2) is 0 Å². The molecule has 0 spiro atoms. The molecule has 4 nitrogen and oxygen atoms in total. The molecule has 6 aromatic carbocycles. The van der Waals surface area contributed by atoms with Gasteiger partial charge < -0.3 is 9.05 Å². The molecule has 0 saturated carbocycles. The number of phosphoric acid groups is 1. The Bertz CT molecular complexity index is 2280. The zero-order valence-corrected chi connectivity index (χ0v) is 35.9. The number of hydrogen-bond donors (Lipinski definition) is 1. The van der Waals surface area contributed by atoms with Crippen molar-refractivity contribution < 1.29 is 18.5 Å². The van der Waals surface area contributed by atoms with E-state index in [0.717, 1.165) is 0 Å². The van der Waals surface area contributed by atoms with Gasteiger partial charge in [0.2, 0.25) is 15.2 Å². The maximum atomic E-state index is 14.2. The number of phosphoric ester groups is 1. The lowest BCUT2D eigenvalue weighted by atomic mass is 9.86. The van der Waals surface area contributed by atoms with Gasteiger partial charge in [0.25, 0.3) is 0 Å². The predicted octanol–water partition coefficient (Wildman–Crippen LogP) is 16.2. The summed E-state index contributed by atoms with van der Waals surface area (Å²) in [6.07, 6.45) is 0. The number of benzene rings is 6. The fraction of sp³-hybridized carbons (Fsp3) is 0.111. The summed E-state index contributed by atoms with van der Waals surface area (Å²) < 4.78 is 18.4. The van der Waals surface area contributed by atoms with Crippen molar-refractivity contribution in [3.63, 3.8) is 0 Å². The zero-order valence-electron chi connectivity index (χ0n) is 25.9. The van der Waals surface area contributed by atoms with Gasteiger partial charge in [0, 0.05) is 44.5 Å². The summed E-state index contributed by atoms with van der Waals surface area (Å²) in [5, 5.41) is 2.67. The highest BCUT2D eigenvalue weighted by atomic mass is 35.6. The molecule has 0 unspecified atom stereocenters. The molecule has 1 N–H and O–H groups in total. The fourth-order valence-corrected chi connectivity index (χ4v) is 8.43. The van der Waals surface area contributed by atoms with Gasteiger partial charge in [-0.05, 0) is 81.2 Å². The van der Waals surface area contributed by atoms with E-state index < -0.39 is 23.0 Å². The van der Waals surface area contributed by atoms with Gasteiger partial charge in [0.05, 0.1) is 0 Å². The average molecular weight is 970 g/mol. The van der Waals surface area contributed by atoms with Crippen LogP contribution in [0.5, 0.6) is 11.5 Å². The number of halogens is 12. The van der Waals surface area contributed by atoms with Gasteiger partial charge in [-0.2, -0.15) is 0 Å². The molecule has 53 heavy (non-hydrogen) atoms. The Balaban J connectivity index is 1.67. The third-order valence-corrected chi connectivity index (χ3v) is 11.9. The normalized spacial score (nSPS) is 14.7. The lowest BCUT2D eigenvalue weighted by Crippen LogP contribution is -2.07. The fourth-order valence-electron chi connectivity index (χ4n) is 6.24. The van der Waals surface area contributed by atoms with Crippen molar-refractivity contribution in [1.29, 1.82) is 0 Å². The van der Waals surface area contributed by atoms with E-state index in [1.54, 1.807) is 36.4 Å². The first kappa shape index (κ1) is 40.3. The molecule has 0 fully saturated rings. The van der Waals surface area contributed by atoms with Crippen LogP contribution in [0.4, 0.5) is 0 Å². The highest BCUT2D eigenvalue weighted by Crippen LogP contribution is 2.62. The Morgan fingerprint density at radius 3 is 1.06 bits per heavy atom. The lowest BCUT2D eigenvalue weighted by Gasteiger charge is -2.22. The van der Waals surface area contributed by atoms with E-state index >= 15 is 0 Å². The minimum absolute atomic E-state index is 0.0376. The molecule has 0 saturated heterocycles. The molecule has 0 atom stereocenters. The van der Waals surface area contributed by atoms with E-state index in [-0.39, 0.29) is 33.8 Å². The first-order chi connectivity index (χ1) is 24.5. The van der Waals surface area contributed by atoms with Crippen molar-refractivity contribution in [2.45, 2.75) is 15.2 Å². The average Bonchev–Trinajstić information content (AvgIpc) is 3.18. The molecule has 1 aliphatic rings. The minimum atomic E-state index is -5.04. The summed E-state index contributed by atoms with van der Waals surface area (Å²) in [5.41, 5.74) is 2.69. The van der Waals surface area contributed by atoms with E-state index in [4.69, 9.17) is 148 Å². The zero-order chi connectivity index (χ0) is 38.5. The maximum absolute atomic E-state index is 14.2. The van der Waals surface area contributed by atoms with Crippen molar-refractivity contribution in [3.05, 3.63) is 119 Å². The lowest BCUT2D eigenvalue weighted by molar-refractivity contribution is 0.295. The molecule has 274 valence electrons. The maximum Gasteiger partial charge on any atom is 0.584 e. The second-order valence-corrected chi connectivity index (χ2v) is 22.4. The molecule has 0 amide bonds. The minimum Gasteiger partial charge on any atom is -0.394 e. The van der Waals surface area contributed by atoms with Crippen LogP contribution in [-0.2, 0) is 19.7 Å². The number of fused-ring (bicyclic) bond motifs is 7. The van der Waals surface area contributed by atoms with E-state index in [0.29, 0.717) is 54.9 Å². The summed E-state index contributed by atoms with van der Waals surface area (Å²) in [5.74, 6) is -0.0753. The van der Waals surface area contributed by atoms with E-state index in [1.807, 2.05) is 48.5 Å². The summed E-state index contributed by atoms with van der Waals surface area (Å²) in [6, 6.07) is 27.4. The number of hydrogen-bond acceptors (Lipinski definition) is 3. The van der Waals surface area contributed by atoms with Crippen LogP contribution in [0.25, 0.3) is 54.9 Å². The smallest absolute Gasteiger partial charge is 0.394 e. The molecule has 0 bridgehead atoms. The molecular formula is C36H17Cl12O4P. The van der Waals surface area contributed by atoms with E-state index in [9.17, 15) is 9.46 Å². The summed E-state index contributed by atoms with van der Waals surface area (Å²) in [6.45, 7) is 0. The van der Waals surface area contributed by atoms with Crippen molar-refractivity contribution in [1.82, 2.24) is 0 Å². The van der Waals surface area contributed by atoms with Crippen molar-refractivity contribution in [2.24, 2.45) is 0 Å². The largest absolute Gasteiger partial charge is 0.584 e. The molecule has 7 rings (SSSR count). The van der Waals surface area contributed by atoms with Crippen LogP contribution < -0.4 is 9.05 Å². The summed E-state index contributed by atoms with van der Waals surface area (Å²) >= 11 is 76.2. The third-order valence-electron chi connectivity index (χ3n) is 8.46. The van der Waals surface area contributed by atoms with Gasteiger partial charge in [-0.15, -0.1) is 0 Å². The summed E-state index contributed by atoms with van der Waals surface area (Å²) in [7, 11) is -5.04. The SMILES string of the molecule is O=P1(O)Oc2c(-c3cc(C(Cl)(Cl)Cl)cc(C(Cl)(Cl)Cl)c3)cc3ccccc3c2-c2c(c(-c3cc(C(Cl)(Cl)Cl)cc(C(Cl)(Cl)Cl)c3)cc3ccccc23)O1. The van der Waals surface area contributed by atoms with Crippen LogP contribution in [0.2, 0.25) is 0 Å². The Morgan fingerprint density at radius 1 is 0.453 bits per heavy atom. The predicted molar refractivity (Wildman–Crippen MR) is 226 cm³/mol. The number of rotatable bonds is 2. The van der Waals surface area contributed by atoms with Crippen LogP contribution in [0.1, 0.15) is 22.3 Å². The molecule has 6 aromatic rings. The second kappa shape index (κ2) is 14.2. The standard InChI is InChI=1S/C36H17Cl12O4P/c37-33(38,39)21-9-19(10-22(15-21)34(40,41)42)27-13-17-5-1-3-7-25(17)29-30-26-8-4-2-6-18(26)14-28(32(30)52-53(49,50)51-31(27)29)20-11-23(35(43,44)45)16-24(12-20)36(46,47)48/h1-16H,(H,49,50). The molecule has 17 heteroatoms. The number of alkyl halides is 12. The molecule has 1 heterocycles. The monoisotopic (exact) mass is 964 g/mol. The molecule has 0 aromatic heterocycles. The van der Waals surface area contributed by atoms with Crippen LogP contribution in [0.15, 0.2) is 97.1 Å². The van der Waals surface area contributed by atoms with Gasteiger partial charge >= 0.3 is 7.82 Å². The van der Waals surface area contributed by atoms with E-state index in [2.05, 4.69) is 0 Å². The molecule has 1 aliphatic heterocycles. The highest BCUT2D eigenvalue weighted by molar-refractivity contribution is 7.48. The third kappa shape index (κ3) is 8.13. The van der Waals surface area contributed by atoms with Crippen molar-refractivity contribution in [2.75, 3.05) is 0 Å². The van der Waals surface area contributed by atoms with Gasteiger partial charge in [-0.3, -0.25) is 4.89 Å². The van der Waals surface area contributed by atoms with E-state index in [1.165, 1.54) is 12.1 Å². The Kier molecular flexibility index (Phi) is 10.8. The van der Waals surface area contributed by atoms with Crippen molar-refractivity contribution >= 4 is 169 Å². The Labute approximate surface area is 363 Å². The Morgan fingerprint density at radius 2 is 0.755 bits per heavy atom. The summed E-state index contributed by atoms with van der Waals surface area (Å²) in [4.78, 5) is 11.5. The van der Waals surface area contributed by atoms with Crippen LogP contribution in [-0.4, -0.2) is 4.89 Å². The molecular weight excluding hydrogens is 953 g/mol.